The molecular formula is C21H24N2O4S. The average Bonchev–Trinajstić information content (AvgIpc) is 3.06. The van der Waals surface area contributed by atoms with Gasteiger partial charge in [0.05, 0.1) is 36.6 Å². The van der Waals surface area contributed by atoms with Gasteiger partial charge in [0.25, 0.3) is 5.91 Å². The second kappa shape index (κ2) is 9.03. The zero-order valence-corrected chi connectivity index (χ0v) is 17.3. The van der Waals surface area contributed by atoms with E-state index in [-0.39, 0.29) is 5.91 Å². The fourth-order valence-corrected chi connectivity index (χ4v) is 4.15. The van der Waals surface area contributed by atoms with E-state index in [0.29, 0.717) is 41.6 Å². The predicted octanol–water partition coefficient (Wildman–Crippen LogP) is 3.81. The number of amides is 1. The standard InChI is InChI=1S/C21H24N2O4S/c1-5-27-12-11-23-19-14(2)7-6-8-18(19)28-21(23)22-20(24)16-10-9-15(25-3)13-17(16)26-4/h6-10,13H,5,11-12H2,1-4H3. The molecule has 0 aliphatic rings. The minimum atomic E-state index is -0.353. The van der Waals surface area contributed by atoms with Gasteiger partial charge in [0.1, 0.15) is 11.5 Å². The van der Waals surface area contributed by atoms with Crippen LogP contribution >= 0.6 is 11.3 Å². The number of fused-ring (bicyclic) bond motifs is 1. The first-order valence-corrected chi connectivity index (χ1v) is 9.88. The third-order valence-corrected chi connectivity index (χ3v) is 5.45. The summed E-state index contributed by atoms with van der Waals surface area (Å²) in [5.74, 6) is 0.706. The van der Waals surface area contributed by atoms with Crippen molar-refractivity contribution in [3.63, 3.8) is 0 Å². The van der Waals surface area contributed by atoms with E-state index < -0.39 is 0 Å². The Labute approximate surface area is 168 Å². The van der Waals surface area contributed by atoms with Crippen LogP contribution in [0.5, 0.6) is 11.5 Å². The third kappa shape index (κ3) is 4.10. The van der Waals surface area contributed by atoms with E-state index in [2.05, 4.69) is 22.5 Å². The maximum atomic E-state index is 12.9. The van der Waals surface area contributed by atoms with Gasteiger partial charge < -0.3 is 18.8 Å². The van der Waals surface area contributed by atoms with Gasteiger partial charge in [-0.15, -0.1) is 0 Å². The smallest absolute Gasteiger partial charge is 0.283 e. The summed E-state index contributed by atoms with van der Waals surface area (Å²) in [5.41, 5.74) is 2.62. The lowest BCUT2D eigenvalue weighted by molar-refractivity contribution is 0.0993. The van der Waals surface area contributed by atoms with Crippen molar-refractivity contribution < 1.29 is 19.0 Å². The normalized spacial score (nSPS) is 11.8. The molecule has 0 radical (unpaired) electrons. The summed E-state index contributed by atoms with van der Waals surface area (Å²) in [6, 6.07) is 11.2. The molecule has 148 valence electrons. The number of carbonyl (C=O) groups is 1. The van der Waals surface area contributed by atoms with E-state index in [9.17, 15) is 4.79 Å². The molecule has 1 amide bonds. The van der Waals surface area contributed by atoms with Crippen LogP contribution in [0.15, 0.2) is 41.4 Å². The molecular weight excluding hydrogens is 376 g/mol. The van der Waals surface area contributed by atoms with Crippen LogP contribution in [-0.4, -0.2) is 37.9 Å². The van der Waals surface area contributed by atoms with Crippen molar-refractivity contribution >= 4 is 27.5 Å². The highest BCUT2D eigenvalue weighted by molar-refractivity contribution is 7.16. The molecule has 28 heavy (non-hydrogen) atoms. The number of thiazole rings is 1. The Morgan fingerprint density at radius 3 is 2.71 bits per heavy atom. The summed E-state index contributed by atoms with van der Waals surface area (Å²) in [4.78, 5) is 18.0. The first-order chi connectivity index (χ1) is 13.6. The lowest BCUT2D eigenvalue weighted by Crippen LogP contribution is -2.20. The molecule has 3 rings (SSSR count). The van der Waals surface area contributed by atoms with Gasteiger partial charge in [-0.2, -0.15) is 4.99 Å². The maximum absolute atomic E-state index is 12.9. The summed E-state index contributed by atoms with van der Waals surface area (Å²) in [6.07, 6.45) is 0. The van der Waals surface area contributed by atoms with Crippen molar-refractivity contribution in [3.8, 4) is 11.5 Å². The van der Waals surface area contributed by atoms with Gasteiger partial charge in [-0.1, -0.05) is 23.5 Å². The van der Waals surface area contributed by atoms with Crippen LogP contribution in [0.3, 0.4) is 0 Å². The third-order valence-electron chi connectivity index (χ3n) is 4.40. The Hall–Kier alpha value is -2.64. The van der Waals surface area contributed by atoms with Gasteiger partial charge in [0.2, 0.25) is 0 Å². The molecule has 0 aliphatic heterocycles. The fourth-order valence-electron chi connectivity index (χ4n) is 3.02. The van der Waals surface area contributed by atoms with Crippen molar-refractivity contribution in [2.24, 2.45) is 4.99 Å². The highest BCUT2D eigenvalue weighted by Gasteiger charge is 2.15. The van der Waals surface area contributed by atoms with Crippen LogP contribution in [-0.2, 0) is 11.3 Å². The van der Waals surface area contributed by atoms with Gasteiger partial charge in [-0.05, 0) is 37.6 Å². The number of aryl methyl sites for hydroxylation is 1. The van der Waals surface area contributed by atoms with Gasteiger partial charge >= 0.3 is 0 Å². The number of para-hydroxylation sites is 1. The fraction of sp³-hybridized carbons (Fsp3) is 0.333. The Kier molecular flexibility index (Phi) is 6.49. The van der Waals surface area contributed by atoms with E-state index >= 15 is 0 Å². The SMILES string of the molecule is CCOCCn1c(=NC(=O)c2ccc(OC)cc2OC)sc2cccc(C)c21. The zero-order chi connectivity index (χ0) is 20.1. The lowest BCUT2D eigenvalue weighted by atomic mass is 10.2. The molecule has 0 N–H and O–H groups in total. The van der Waals surface area contributed by atoms with Crippen LogP contribution in [0.2, 0.25) is 0 Å². The molecule has 1 aromatic heterocycles. The zero-order valence-electron chi connectivity index (χ0n) is 16.5. The van der Waals surface area contributed by atoms with E-state index in [4.69, 9.17) is 14.2 Å². The highest BCUT2D eigenvalue weighted by Crippen LogP contribution is 2.25. The van der Waals surface area contributed by atoms with Crippen molar-refractivity contribution in [1.29, 1.82) is 0 Å². The lowest BCUT2D eigenvalue weighted by Gasteiger charge is -2.08. The van der Waals surface area contributed by atoms with Gasteiger partial charge in [0.15, 0.2) is 4.80 Å². The molecule has 0 aliphatic carbocycles. The molecule has 6 nitrogen and oxygen atoms in total. The van der Waals surface area contributed by atoms with Crippen LogP contribution in [0.1, 0.15) is 22.8 Å². The minimum absolute atomic E-state index is 0.353. The number of hydrogen-bond donors (Lipinski definition) is 0. The molecule has 0 saturated heterocycles. The quantitative estimate of drug-likeness (QED) is 0.566. The molecule has 0 unspecified atom stereocenters. The Morgan fingerprint density at radius 1 is 1.18 bits per heavy atom. The van der Waals surface area contributed by atoms with Gasteiger partial charge in [0, 0.05) is 19.2 Å². The van der Waals surface area contributed by atoms with Crippen molar-refractivity contribution in [2.75, 3.05) is 27.4 Å². The summed E-state index contributed by atoms with van der Waals surface area (Å²) in [7, 11) is 3.10. The van der Waals surface area contributed by atoms with E-state index in [1.165, 1.54) is 18.4 Å². The number of methoxy groups -OCH3 is 2. The van der Waals surface area contributed by atoms with Crippen molar-refractivity contribution in [2.45, 2.75) is 20.4 Å². The maximum Gasteiger partial charge on any atom is 0.283 e. The monoisotopic (exact) mass is 400 g/mol. The Morgan fingerprint density at radius 2 is 2.00 bits per heavy atom. The van der Waals surface area contributed by atoms with Gasteiger partial charge in [-0.3, -0.25) is 4.79 Å². The Bertz CT molecular complexity index is 1050. The molecule has 0 spiro atoms. The number of carbonyl (C=O) groups excluding carboxylic acids is 1. The highest BCUT2D eigenvalue weighted by atomic mass is 32.1. The molecule has 2 aromatic carbocycles. The number of hydrogen-bond acceptors (Lipinski definition) is 5. The first-order valence-electron chi connectivity index (χ1n) is 9.06. The van der Waals surface area contributed by atoms with E-state index in [1.54, 1.807) is 25.3 Å². The van der Waals surface area contributed by atoms with Crippen LogP contribution in [0.4, 0.5) is 0 Å². The molecule has 0 bridgehead atoms. The molecule has 0 atom stereocenters. The molecule has 0 saturated carbocycles. The molecule has 3 aromatic rings. The topological polar surface area (TPSA) is 62.1 Å². The van der Waals surface area contributed by atoms with Crippen LogP contribution < -0.4 is 14.3 Å². The summed E-state index contributed by atoms with van der Waals surface area (Å²) in [5, 5.41) is 0. The van der Waals surface area contributed by atoms with Crippen molar-refractivity contribution in [3.05, 3.63) is 52.3 Å². The van der Waals surface area contributed by atoms with Crippen LogP contribution in [0, 0.1) is 6.92 Å². The number of nitrogens with zero attached hydrogens (tertiary/aromatic N) is 2. The predicted molar refractivity (Wildman–Crippen MR) is 110 cm³/mol. The minimum Gasteiger partial charge on any atom is -0.497 e. The molecule has 0 fully saturated rings. The summed E-state index contributed by atoms with van der Waals surface area (Å²) >= 11 is 1.49. The van der Waals surface area contributed by atoms with E-state index in [0.717, 1.165) is 15.8 Å². The number of benzene rings is 2. The van der Waals surface area contributed by atoms with Gasteiger partial charge in [-0.25, -0.2) is 0 Å². The molecule has 7 heteroatoms. The summed E-state index contributed by atoms with van der Waals surface area (Å²) in [6.45, 7) is 5.86. The van der Waals surface area contributed by atoms with E-state index in [1.807, 2.05) is 19.1 Å². The molecule has 1 heterocycles. The first kappa shape index (κ1) is 20.1. The van der Waals surface area contributed by atoms with Crippen LogP contribution in [0.25, 0.3) is 10.2 Å². The number of aromatic nitrogens is 1. The Balaban J connectivity index is 2.09. The van der Waals surface area contributed by atoms with Crippen molar-refractivity contribution in [1.82, 2.24) is 4.57 Å². The number of ether oxygens (including phenoxy) is 3. The second-order valence-corrected chi connectivity index (χ2v) is 7.15. The second-order valence-electron chi connectivity index (χ2n) is 6.14. The average molecular weight is 401 g/mol. The summed E-state index contributed by atoms with van der Waals surface area (Å²) < 4.78 is 19.2. The number of rotatable bonds is 7. The largest absolute Gasteiger partial charge is 0.497 e.